The van der Waals surface area contributed by atoms with E-state index in [0.29, 0.717) is 16.8 Å². The molecule has 0 aliphatic heterocycles. The maximum Gasteiger partial charge on any atom is 0.236 e. The minimum Gasteiger partial charge on any atom is -0.389 e. The summed E-state index contributed by atoms with van der Waals surface area (Å²) < 4.78 is 0. The molecule has 0 spiro atoms. The summed E-state index contributed by atoms with van der Waals surface area (Å²) in [7, 11) is 0. The van der Waals surface area contributed by atoms with Crippen molar-refractivity contribution in [2.24, 2.45) is 5.73 Å². The van der Waals surface area contributed by atoms with Crippen molar-refractivity contribution in [1.82, 2.24) is 0 Å². The average molecular weight is 261 g/mol. The maximum absolute atomic E-state index is 11.2. The van der Waals surface area contributed by atoms with Crippen molar-refractivity contribution < 1.29 is 9.90 Å². The fourth-order valence-corrected chi connectivity index (χ4v) is 1.93. The molecule has 1 atom stereocenters. The molecule has 1 rings (SSSR count). The molecule has 0 aliphatic rings. The van der Waals surface area contributed by atoms with E-state index in [-0.39, 0.29) is 12.6 Å². The lowest BCUT2D eigenvalue weighted by Crippen LogP contribution is -2.39. The Morgan fingerprint density at radius 2 is 2.11 bits per heavy atom. The molecule has 5 heteroatoms. The number of rotatable bonds is 5. The van der Waals surface area contributed by atoms with Crippen LogP contribution in [0.1, 0.15) is 38.0 Å². The number of nitriles is 1. The molecular weight excluding hydrogens is 242 g/mol. The lowest BCUT2D eigenvalue weighted by Gasteiger charge is -2.30. The molecule has 1 amide bonds. The Bertz CT molecular complexity index is 504. The first-order valence-corrected chi connectivity index (χ1v) is 6.13. The maximum atomic E-state index is 11.2. The zero-order valence-electron chi connectivity index (χ0n) is 11.4. The van der Waals surface area contributed by atoms with Crippen molar-refractivity contribution in [2.45, 2.75) is 32.9 Å². The highest BCUT2D eigenvalue weighted by atomic mass is 16.3. The van der Waals surface area contributed by atoms with Crippen LogP contribution in [0.15, 0.2) is 18.2 Å². The van der Waals surface area contributed by atoms with Crippen LogP contribution in [-0.2, 0) is 4.79 Å². The zero-order valence-corrected chi connectivity index (χ0v) is 11.4. The smallest absolute Gasteiger partial charge is 0.236 e. The van der Waals surface area contributed by atoms with Crippen LogP contribution in [0.4, 0.5) is 5.69 Å². The van der Waals surface area contributed by atoms with Gasteiger partial charge in [-0.05, 0) is 32.9 Å². The van der Waals surface area contributed by atoms with Gasteiger partial charge in [0.2, 0.25) is 5.91 Å². The first-order chi connectivity index (χ1) is 8.86. The van der Waals surface area contributed by atoms with Crippen LogP contribution in [0.5, 0.6) is 0 Å². The average Bonchev–Trinajstić information content (AvgIpc) is 2.34. The Morgan fingerprint density at radius 1 is 1.47 bits per heavy atom. The molecule has 0 heterocycles. The third-order valence-electron chi connectivity index (χ3n) is 2.87. The number of benzene rings is 1. The van der Waals surface area contributed by atoms with E-state index in [2.05, 4.69) is 6.07 Å². The van der Waals surface area contributed by atoms with Crippen molar-refractivity contribution in [2.75, 3.05) is 11.4 Å². The van der Waals surface area contributed by atoms with Crippen molar-refractivity contribution in [3.8, 4) is 6.07 Å². The van der Waals surface area contributed by atoms with Gasteiger partial charge >= 0.3 is 0 Å². The molecule has 1 unspecified atom stereocenters. The number of primary amides is 1. The molecule has 0 bridgehead atoms. The summed E-state index contributed by atoms with van der Waals surface area (Å²) in [6.07, 6.45) is -0.683. The fourth-order valence-electron chi connectivity index (χ4n) is 1.93. The molecule has 0 radical (unpaired) electrons. The summed E-state index contributed by atoms with van der Waals surface area (Å²) in [6.45, 7) is 5.54. The van der Waals surface area contributed by atoms with Crippen LogP contribution in [-0.4, -0.2) is 23.6 Å². The normalized spacial score (nSPS) is 12.0. The molecule has 0 saturated heterocycles. The van der Waals surface area contributed by atoms with Crippen LogP contribution in [0.25, 0.3) is 0 Å². The van der Waals surface area contributed by atoms with Crippen molar-refractivity contribution in [3.63, 3.8) is 0 Å². The highest BCUT2D eigenvalue weighted by Gasteiger charge is 2.19. The van der Waals surface area contributed by atoms with Crippen LogP contribution in [0, 0.1) is 11.3 Å². The second-order valence-corrected chi connectivity index (χ2v) is 4.75. The summed E-state index contributed by atoms with van der Waals surface area (Å²) in [5, 5.41) is 18.8. The van der Waals surface area contributed by atoms with E-state index in [1.807, 2.05) is 13.8 Å². The molecule has 3 N–H and O–H groups in total. The summed E-state index contributed by atoms with van der Waals surface area (Å²) in [6, 6.07) is 7.11. The van der Waals surface area contributed by atoms with E-state index in [9.17, 15) is 9.90 Å². The summed E-state index contributed by atoms with van der Waals surface area (Å²) in [4.78, 5) is 13.0. The Hall–Kier alpha value is -2.06. The number of aliphatic hydroxyl groups is 1. The predicted octanol–water partition coefficient (Wildman–Crippen LogP) is 1.31. The first-order valence-electron chi connectivity index (χ1n) is 6.13. The van der Waals surface area contributed by atoms with E-state index in [1.54, 1.807) is 30.0 Å². The van der Waals surface area contributed by atoms with Gasteiger partial charge in [-0.3, -0.25) is 4.79 Å². The van der Waals surface area contributed by atoms with Crippen LogP contribution >= 0.6 is 0 Å². The number of aliphatic hydroxyl groups excluding tert-OH is 1. The van der Waals surface area contributed by atoms with Gasteiger partial charge in [0, 0.05) is 17.3 Å². The van der Waals surface area contributed by atoms with E-state index < -0.39 is 12.0 Å². The van der Waals surface area contributed by atoms with Gasteiger partial charge in [0.25, 0.3) is 0 Å². The second kappa shape index (κ2) is 6.21. The van der Waals surface area contributed by atoms with Gasteiger partial charge < -0.3 is 15.7 Å². The van der Waals surface area contributed by atoms with Gasteiger partial charge in [-0.2, -0.15) is 5.26 Å². The molecule has 1 aromatic rings. The third kappa shape index (κ3) is 3.70. The Kier molecular flexibility index (Phi) is 4.90. The minimum absolute atomic E-state index is 0.0268. The number of hydrogen-bond donors (Lipinski definition) is 2. The van der Waals surface area contributed by atoms with Crippen LogP contribution in [0.3, 0.4) is 0 Å². The lowest BCUT2D eigenvalue weighted by atomic mass is 10.0. The van der Waals surface area contributed by atoms with Crippen LogP contribution < -0.4 is 10.6 Å². The number of amides is 1. The van der Waals surface area contributed by atoms with Gasteiger partial charge in [-0.15, -0.1) is 0 Å². The summed E-state index contributed by atoms with van der Waals surface area (Å²) in [5.74, 6) is -0.451. The van der Waals surface area contributed by atoms with Crippen molar-refractivity contribution in [1.29, 1.82) is 5.26 Å². The lowest BCUT2D eigenvalue weighted by molar-refractivity contribution is -0.116. The highest BCUT2D eigenvalue weighted by Crippen LogP contribution is 2.28. The van der Waals surface area contributed by atoms with Gasteiger partial charge in [0.1, 0.15) is 0 Å². The largest absolute Gasteiger partial charge is 0.389 e. The second-order valence-electron chi connectivity index (χ2n) is 4.75. The Labute approximate surface area is 113 Å². The number of nitrogens with two attached hydrogens (primary N) is 1. The number of nitrogens with zero attached hydrogens (tertiary/aromatic N) is 2. The fraction of sp³-hybridized carbons (Fsp3) is 0.429. The number of anilines is 1. The molecule has 19 heavy (non-hydrogen) atoms. The summed E-state index contributed by atoms with van der Waals surface area (Å²) >= 11 is 0. The Balaban J connectivity index is 3.33. The molecule has 1 aromatic carbocycles. The molecular formula is C14H19N3O2. The topological polar surface area (TPSA) is 90.3 Å². The van der Waals surface area contributed by atoms with Gasteiger partial charge in [-0.25, -0.2) is 0 Å². The molecule has 0 saturated carbocycles. The van der Waals surface area contributed by atoms with E-state index in [0.717, 1.165) is 0 Å². The third-order valence-corrected chi connectivity index (χ3v) is 2.87. The van der Waals surface area contributed by atoms with Crippen molar-refractivity contribution in [3.05, 3.63) is 29.3 Å². The van der Waals surface area contributed by atoms with Gasteiger partial charge in [-0.1, -0.05) is 6.07 Å². The van der Waals surface area contributed by atoms with Crippen LogP contribution in [0.2, 0.25) is 0 Å². The first kappa shape index (κ1) is 15.0. The minimum atomic E-state index is -0.683. The molecule has 102 valence electrons. The molecule has 0 aromatic heterocycles. The van der Waals surface area contributed by atoms with E-state index in [1.165, 1.54) is 0 Å². The number of hydrogen-bond acceptors (Lipinski definition) is 4. The van der Waals surface area contributed by atoms with E-state index in [4.69, 9.17) is 11.0 Å². The highest BCUT2D eigenvalue weighted by molar-refractivity contribution is 5.80. The van der Waals surface area contributed by atoms with Crippen molar-refractivity contribution >= 4 is 11.6 Å². The standard InChI is InChI=1S/C14H19N3O2/c1-9(2)17(8-14(16)19)13-6-11(7-15)4-5-12(13)10(3)18/h4-6,9-10,18H,8H2,1-3H3,(H2,16,19). The predicted molar refractivity (Wildman–Crippen MR) is 73.5 cm³/mol. The van der Waals surface area contributed by atoms with Gasteiger partial charge in [0.15, 0.2) is 0 Å². The molecule has 0 fully saturated rings. The zero-order chi connectivity index (χ0) is 14.6. The monoisotopic (exact) mass is 261 g/mol. The quantitative estimate of drug-likeness (QED) is 0.836. The van der Waals surface area contributed by atoms with Gasteiger partial charge in [0.05, 0.1) is 24.3 Å². The summed E-state index contributed by atoms with van der Waals surface area (Å²) in [5.41, 5.74) is 7.08. The number of carbonyl (C=O) groups excluding carboxylic acids is 1. The Morgan fingerprint density at radius 3 is 2.53 bits per heavy atom. The molecule has 0 aliphatic carbocycles. The molecule has 5 nitrogen and oxygen atoms in total. The van der Waals surface area contributed by atoms with E-state index >= 15 is 0 Å². The number of carbonyl (C=O) groups is 1. The SMILES string of the molecule is CC(O)c1ccc(C#N)cc1N(CC(N)=O)C(C)C.